The van der Waals surface area contributed by atoms with Gasteiger partial charge >= 0.3 is 6.03 Å². The molecule has 4 aliphatic rings. The van der Waals surface area contributed by atoms with Crippen molar-refractivity contribution in [2.45, 2.75) is 25.7 Å². The van der Waals surface area contributed by atoms with Gasteiger partial charge in [-0.05, 0) is 31.8 Å². The van der Waals surface area contributed by atoms with E-state index in [2.05, 4.69) is 0 Å². The maximum Gasteiger partial charge on any atom is 0.328 e. The van der Waals surface area contributed by atoms with E-state index >= 15 is 0 Å². The van der Waals surface area contributed by atoms with Crippen molar-refractivity contribution >= 4 is 29.4 Å². The highest BCUT2D eigenvalue weighted by atomic mass is 16.5. The normalized spacial score (nSPS) is 27.2. The molecule has 0 aromatic heterocycles. The molecule has 4 atom stereocenters. The van der Waals surface area contributed by atoms with Crippen LogP contribution in [0.1, 0.15) is 31.2 Å². The van der Waals surface area contributed by atoms with Crippen LogP contribution in [-0.2, 0) is 19.2 Å². The largest absolute Gasteiger partial charge is 0.507 e. The van der Waals surface area contributed by atoms with Crippen LogP contribution < -0.4 is 15.2 Å². The maximum atomic E-state index is 13.3. The Bertz CT molecular complexity index is 1370. The van der Waals surface area contributed by atoms with Crippen molar-refractivity contribution in [2.24, 2.45) is 23.5 Å². The van der Waals surface area contributed by atoms with E-state index in [0.717, 1.165) is 0 Å². The van der Waals surface area contributed by atoms with Gasteiger partial charge in [0.1, 0.15) is 17.2 Å². The van der Waals surface area contributed by atoms with E-state index in [1.54, 1.807) is 19.1 Å². The molecule has 0 unspecified atom stereocenters. The molecule has 36 heavy (non-hydrogen) atoms. The van der Waals surface area contributed by atoms with Gasteiger partial charge in [-0.25, -0.2) is 4.79 Å². The third-order valence-electron chi connectivity index (χ3n) is 7.62. The number of allylic oxidation sites excluding steroid dienone is 6. The number of primary amides is 1. The van der Waals surface area contributed by atoms with Crippen LogP contribution in [-0.4, -0.2) is 53.6 Å². The van der Waals surface area contributed by atoms with Crippen LogP contribution in [0.25, 0.3) is 0 Å². The number of ether oxygens (including phenoxy) is 2. The summed E-state index contributed by atoms with van der Waals surface area (Å²) in [6.45, 7) is 1.54. The zero-order valence-electron chi connectivity index (χ0n) is 19.9. The lowest BCUT2D eigenvalue weighted by Crippen LogP contribution is -2.42. The minimum absolute atomic E-state index is 0.0411. The van der Waals surface area contributed by atoms with Gasteiger partial charge in [0, 0.05) is 40.3 Å². The van der Waals surface area contributed by atoms with Crippen molar-refractivity contribution in [3.63, 3.8) is 0 Å². The molecule has 0 saturated carbocycles. The average Bonchev–Trinajstić information content (AvgIpc) is 3.10. The fourth-order valence-corrected chi connectivity index (χ4v) is 6.09. The lowest BCUT2D eigenvalue weighted by molar-refractivity contribution is -0.136. The highest BCUT2D eigenvalue weighted by molar-refractivity contribution is 6.24. The molecule has 1 fully saturated rings. The number of ketones is 2. The summed E-state index contributed by atoms with van der Waals surface area (Å²) in [5, 5.41) is 11.1. The number of methoxy groups -OCH3 is 2. The van der Waals surface area contributed by atoms with Crippen LogP contribution in [0.15, 0.2) is 46.6 Å². The number of fused-ring (bicyclic) bond motifs is 3. The van der Waals surface area contributed by atoms with E-state index in [-0.39, 0.29) is 58.2 Å². The molecule has 1 aromatic rings. The Balaban J connectivity index is 1.75. The molecule has 10 nitrogen and oxygen atoms in total. The molecule has 4 amide bonds. The van der Waals surface area contributed by atoms with Crippen molar-refractivity contribution in [3.05, 3.63) is 52.1 Å². The Morgan fingerprint density at radius 3 is 2.44 bits per heavy atom. The van der Waals surface area contributed by atoms with Crippen molar-refractivity contribution in [2.75, 3.05) is 14.2 Å². The van der Waals surface area contributed by atoms with Crippen LogP contribution in [0.2, 0.25) is 0 Å². The van der Waals surface area contributed by atoms with Crippen molar-refractivity contribution in [1.29, 1.82) is 0 Å². The number of phenolic OH excluding ortho intramolecular Hbond substituents is 1. The molecule has 1 aliphatic heterocycles. The maximum absolute atomic E-state index is 13.3. The number of rotatable bonds is 3. The SMILES string of the molecule is COc1cc(O)c([C@H]2C3=CC[C@@H]4C(=O)N(C(N)=O)C(=O)[C@@H]4[C@@H]3CC3=C2C(=O)C=C(C)C3=O)c(OC)c1. The summed E-state index contributed by atoms with van der Waals surface area (Å²) in [5.74, 6) is -5.08. The second kappa shape index (κ2) is 8.18. The van der Waals surface area contributed by atoms with E-state index < -0.39 is 41.5 Å². The van der Waals surface area contributed by atoms with E-state index in [4.69, 9.17) is 15.2 Å². The summed E-state index contributed by atoms with van der Waals surface area (Å²) >= 11 is 0. The number of imide groups is 3. The van der Waals surface area contributed by atoms with Crippen LogP contribution in [0.5, 0.6) is 17.2 Å². The van der Waals surface area contributed by atoms with Gasteiger partial charge in [-0.2, -0.15) is 4.90 Å². The van der Waals surface area contributed by atoms with Gasteiger partial charge in [0.15, 0.2) is 11.6 Å². The average molecular weight is 492 g/mol. The predicted molar refractivity (Wildman–Crippen MR) is 124 cm³/mol. The van der Waals surface area contributed by atoms with Crippen LogP contribution >= 0.6 is 0 Å². The van der Waals surface area contributed by atoms with E-state index in [0.29, 0.717) is 16.2 Å². The number of urea groups is 1. The predicted octanol–water partition coefficient (Wildman–Crippen LogP) is 1.92. The monoisotopic (exact) mass is 492 g/mol. The van der Waals surface area contributed by atoms with Crippen molar-refractivity contribution in [1.82, 2.24) is 4.90 Å². The van der Waals surface area contributed by atoms with Gasteiger partial charge in [0.25, 0.3) is 0 Å². The van der Waals surface area contributed by atoms with E-state index in [9.17, 15) is 29.1 Å². The number of carbonyl (C=O) groups excluding carboxylic acids is 5. The smallest absolute Gasteiger partial charge is 0.328 e. The first-order valence-electron chi connectivity index (χ1n) is 11.4. The van der Waals surface area contributed by atoms with Gasteiger partial charge in [-0.3, -0.25) is 19.2 Å². The number of phenols is 1. The zero-order valence-corrected chi connectivity index (χ0v) is 19.9. The topological polar surface area (TPSA) is 153 Å². The lowest BCUT2D eigenvalue weighted by atomic mass is 9.59. The third-order valence-corrected chi connectivity index (χ3v) is 7.62. The first kappa shape index (κ1) is 23.5. The first-order chi connectivity index (χ1) is 17.1. The molecule has 1 heterocycles. The molecule has 1 saturated heterocycles. The summed E-state index contributed by atoms with van der Waals surface area (Å²) in [7, 11) is 2.83. The quantitative estimate of drug-likeness (QED) is 0.369. The molecule has 0 bridgehead atoms. The summed E-state index contributed by atoms with van der Waals surface area (Å²) in [6.07, 6.45) is 3.22. The Morgan fingerprint density at radius 1 is 1.08 bits per heavy atom. The number of benzene rings is 1. The number of hydrogen-bond acceptors (Lipinski definition) is 8. The molecule has 3 aliphatic carbocycles. The van der Waals surface area contributed by atoms with Gasteiger partial charge in [0.2, 0.25) is 11.8 Å². The molecule has 0 spiro atoms. The number of amides is 4. The van der Waals surface area contributed by atoms with Crippen LogP contribution in [0.3, 0.4) is 0 Å². The van der Waals surface area contributed by atoms with Crippen LogP contribution in [0.4, 0.5) is 4.79 Å². The Morgan fingerprint density at radius 2 is 1.81 bits per heavy atom. The second-order valence-electron chi connectivity index (χ2n) is 9.34. The molecule has 0 radical (unpaired) electrons. The summed E-state index contributed by atoms with van der Waals surface area (Å²) < 4.78 is 10.8. The van der Waals surface area contributed by atoms with E-state index in [1.165, 1.54) is 26.4 Å². The number of likely N-dealkylation sites (tertiary alicyclic amines) is 1. The number of aromatic hydroxyl groups is 1. The minimum Gasteiger partial charge on any atom is -0.507 e. The zero-order chi connectivity index (χ0) is 26.0. The summed E-state index contributed by atoms with van der Waals surface area (Å²) in [6, 6.07) is 1.79. The molecular formula is C26H24N2O8. The highest BCUT2D eigenvalue weighted by Gasteiger charge is 2.58. The number of hydrogen-bond donors (Lipinski definition) is 2. The molecule has 5 rings (SSSR count). The highest BCUT2D eigenvalue weighted by Crippen LogP contribution is 2.57. The molecule has 10 heteroatoms. The molecule has 3 N–H and O–H groups in total. The van der Waals surface area contributed by atoms with Gasteiger partial charge < -0.3 is 20.3 Å². The number of carbonyl (C=O) groups is 5. The third kappa shape index (κ3) is 3.13. The fraction of sp³-hybridized carbons (Fsp3) is 0.346. The van der Waals surface area contributed by atoms with Crippen LogP contribution in [0, 0.1) is 17.8 Å². The Labute approximate surface area is 206 Å². The first-order valence-corrected chi connectivity index (χ1v) is 11.4. The number of Topliss-reactive ketones (excluding diaryl/α,β-unsaturated/α-hetero) is 1. The minimum atomic E-state index is -1.15. The standard InChI is InChI=1S/C26H24N2O8/c1-10-6-16(29)20-15(23(10)31)9-14-12(4-5-13-19(14)25(33)28(24(13)32)26(27)34)21(20)22-17(30)7-11(35-2)8-18(22)36-3/h4,6-8,13-14,19,21,30H,5,9H2,1-3H3,(H2,27,34)/t13-,14+,19-,21-/m0/s1. The lowest BCUT2D eigenvalue weighted by Gasteiger charge is -2.42. The number of nitrogens with zero attached hydrogens (tertiary/aromatic N) is 1. The van der Waals surface area contributed by atoms with Gasteiger partial charge in [0.05, 0.1) is 26.1 Å². The summed E-state index contributed by atoms with van der Waals surface area (Å²) in [4.78, 5) is 65.0. The Hall–Kier alpha value is -4.21. The fourth-order valence-electron chi connectivity index (χ4n) is 6.09. The molecule has 1 aromatic carbocycles. The van der Waals surface area contributed by atoms with Crippen molar-refractivity contribution in [3.8, 4) is 17.2 Å². The molecule has 186 valence electrons. The van der Waals surface area contributed by atoms with Crippen molar-refractivity contribution < 1.29 is 38.6 Å². The number of nitrogens with two attached hydrogens (primary N) is 1. The van der Waals surface area contributed by atoms with E-state index in [1.807, 2.05) is 0 Å². The summed E-state index contributed by atoms with van der Waals surface area (Å²) in [5.41, 5.74) is 6.86. The second-order valence-corrected chi connectivity index (χ2v) is 9.34. The Kier molecular flexibility index (Phi) is 5.35. The van der Waals surface area contributed by atoms with Gasteiger partial charge in [-0.1, -0.05) is 11.6 Å². The van der Waals surface area contributed by atoms with Gasteiger partial charge in [-0.15, -0.1) is 0 Å². The molecular weight excluding hydrogens is 468 g/mol.